The van der Waals surface area contributed by atoms with Crippen LogP contribution in [0.5, 0.6) is 5.75 Å². The molecule has 34 heavy (non-hydrogen) atoms. The Labute approximate surface area is 205 Å². The monoisotopic (exact) mass is 522 g/mol. The van der Waals surface area contributed by atoms with E-state index < -0.39 is 46.1 Å². The molecule has 0 atom stereocenters. The number of benzene rings is 2. The molecule has 10 heteroatoms. The first-order valence-electron chi connectivity index (χ1n) is 10.2. The molecule has 2 aromatic rings. The fraction of sp³-hybridized carbons (Fsp3) is 0.417. The third kappa shape index (κ3) is 6.85. The van der Waals surface area contributed by atoms with Gasteiger partial charge in [0.05, 0.1) is 16.1 Å². The van der Waals surface area contributed by atoms with Gasteiger partial charge in [-0.3, -0.25) is 4.79 Å². The number of ketones is 1. The van der Waals surface area contributed by atoms with Gasteiger partial charge < -0.3 is 9.47 Å². The molecular formula is C24H24Cl2F4O4. The van der Waals surface area contributed by atoms with Gasteiger partial charge in [-0.1, -0.05) is 35.3 Å². The number of aryl methyl sites for hydroxylation is 1. The number of hydrogen-bond donors (Lipinski definition) is 0. The van der Waals surface area contributed by atoms with Gasteiger partial charge in [-0.25, -0.2) is 9.18 Å². The summed E-state index contributed by atoms with van der Waals surface area (Å²) in [5, 5.41) is 0.0185. The van der Waals surface area contributed by atoms with E-state index in [0.717, 1.165) is 12.1 Å². The van der Waals surface area contributed by atoms with Gasteiger partial charge in [0.25, 0.3) is 0 Å². The molecule has 0 heterocycles. The van der Waals surface area contributed by atoms with E-state index in [0.29, 0.717) is 11.6 Å². The lowest BCUT2D eigenvalue weighted by atomic mass is 10.00. The van der Waals surface area contributed by atoms with Gasteiger partial charge in [0, 0.05) is 6.42 Å². The molecule has 0 aliphatic carbocycles. The number of esters is 1. The van der Waals surface area contributed by atoms with E-state index in [1.807, 2.05) is 0 Å². The molecule has 2 aromatic carbocycles. The highest BCUT2D eigenvalue weighted by Gasteiger charge is 2.36. The number of carbonyl (C=O) groups is 2. The quantitative estimate of drug-likeness (QED) is 0.215. The standard InChI is InChI=1S/C24H24Cl2F4O4/c1-22(2,3)34-21(32)23(4,5)33-17-12-10-13(18(25)19(17)26)9-11-16(31)14-7-6-8-15(20(14)27)24(28,29)30/h6-8,10,12H,9,11H2,1-5H3. The molecule has 186 valence electrons. The van der Waals surface area contributed by atoms with Crippen molar-refractivity contribution < 1.29 is 36.6 Å². The molecule has 0 spiro atoms. The molecule has 2 rings (SSSR count). The fourth-order valence-electron chi connectivity index (χ4n) is 2.91. The molecule has 0 N–H and O–H groups in total. The highest BCUT2D eigenvalue weighted by molar-refractivity contribution is 6.43. The minimum absolute atomic E-state index is 0.0111. The van der Waals surface area contributed by atoms with Crippen LogP contribution in [0.4, 0.5) is 17.6 Å². The van der Waals surface area contributed by atoms with Crippen molar-refractivity contribution in [3.05, 3.63) is 62.9 Å². The third-order valence-electron chi connectivity index (χ3n) is 4.61. The van der Waals surface area contributed by atoms with Crippen LogP contribution in [0.3, 0.4) is 0 Å². The smallest absolute Gasteiger partial charge is 0.419 e. The highest BCUT2D eigenvalue weighted by atomic mass is 35.5. The van der Waals surface area contributed by atoms with E-state index in [4.69, 9.17) is 32.7 Å². The topological polar surface area (TPSA) is 52.6 Å². The average molecular weight is 523 g/mol. The SMILES string of the molecule is CC(C)(C)OC(=O)C(C)(C)Oc1ccc(CCC(=O)c2cccc(C(F)(F)F)c2F)c(Cl)c1Cl. The minimum atomic E-state index is -4.92. The molecule has 0 unspecified atom stereocenters. The van der Waals surface area contributed by atoms with Crippen LogP contribution >= 0.6 is 23.2 Å². The first-order valence-corrected chi connectivity index (χ1v) is 11.0. The minimum Gasteiger partial charge on any atom is -0.475 e. The first kappa shape index (κ1) is 27.9. The summed E-state index contributed by atoms with van der Waals surface area (Å²) in [6, 6.07) is 5.49. The van der Waals surface area contributed by atoms with Crippen LogP contribution in [0.25, 0.3) is 0 Å². The first-order chi connectivity index (χ1) is 15.4. The van der Waals surface area contributed by atoms with Gasteiger partial charge in [0.15, 0.2) is 11.4 Å². The molecule has 0 saturated heterocycles. The summed E-state index contributed by atoms with van der Waals surface area (Å²) >= 11 is 12.6. The average Bonchev–Trinajstić information content (AvgIpc) is 2.68. The lowest BCUT2D eigenvalue weighted by Gasteiger charge is -2.29. The second-order valence-corrected chi connectivity index (χ2v) is 9.81. The maximum absolute atomic E-state index is 14.2. The van der Waals surface area contributed by atoms with Crippen molar-refractivity contribution in [3.8, 4) is 5.75 Å². The lowest BCUT2D eigenvalue weighted by Crippen LogP contribution is -2.43. The zero-order valence-corrected chi connectivity index (χ0v) is 20.7. The number of hydrogen-bond acceptors (Lipinski definition) is 4. The number of carbonyl (C=O) groups excluding carboxylic acids is 2. The van der Waals surface area contributed by atoms with Gasteiger partial charge in [0.2, 0.25) is 0 Å². The number of Topliss-reactive ketones (excluding diaryl/α,β-unsaturated/α-hetero) is 1. The van der Waals surface area contributed by atoms with E-state index >= 15 is 0 Å². The Balaban J connectivity index is 2.17. The number of rotatable bonds is 7. The molecule has 0 aromatic heterocycles. The van der Waals surface area contributed by atoms with Gasteiger partial charge in [-0.05, 0) is 64.8 Å². The summed E-state index contributed by atoms with van der Waals surface area (Å²) in [4.78, 5) is 24.8. The zero-order valence-electron chi connectivity index (χ0n) is 19.2. The maximum Gasteiger partial charge on any atom is 0.419 e. The Bertz CT molecular complexity index is 1090. The predicted molar refractivity (Wildman–Crippen MR) is 121 cm³/mol. The molecule has 0 amide bonds. The summed E-state index contributed by atoms with van der Waals surface area (Å²) < 4.78 is 64.0. The maximum atomic E-state index is 14.2. The molecule has 0 aliphatic rings. The fourth-order valence-corrected chi connectivity index (χ4v) is 3.38. The number of halogens is 6. The normalized spacial score (nSPS) is 12.4. The molecular weight excluding hydrogens is 499 g/mol. The van der Waals surface area contributed by atoms with Crippen molar-refractivity contribution in [1.82, 2.24) is 0 Å². The van der Waals surface area contributed by atoms with Crippen molar-refractivity contribution in [1.29, 1.82) is 0 Å². The van der Waals surface area contributed by atoms with Crippen LogP contribution in [0.15, 0.2) is 30.3 Å². The summed E-state index contributed by atoms with van der Waals surface area (Å²) in [6.07, 6.45) is -5.24. The van der Waals surface area contributed by atoms with Crippen LogP contribution in [0.1, 0.15) is 62.5 Å². The Morgan fingerprint density at radius 2 is 1.56 bits per heavy atom. The Morgan fingerprint density at radius 3 is 2.12 bits per heavy atom. The van der Waals surface area contributed by atoms with Crippen LogP contribution in [-0.4, -0.2) is 23.0 Å². The Kier molecular flexibility index (Phi) is 8.31. The van der Waals surface area contributed by atoms with E-state index in [9.17, 15) is 27.2 Å². The largest absolute Gasteiger partial charge is 0.475 e. The number of alkyl halides is 3. The molecule has 4 nitrogen and oxygen atoms in total. The lowest BCUT2D eigenvalue weighted by molar-refractivity contribution is -0.170. The van der Waals surface area contributed by atoms with Crippen molar-refractivity contribution >= 4 is 35.0 Å². The number of ether oxygens (including phenoxy) is 2. The third-order valence-corrected chi connectivity index (χ3v) is 5.51. The van der Waals surface area contributed by atoms with Gasteiger partial charge >= 0.3 is 12.1 Å². The Morgan fingerprint density at radius 1 is 0.941 bits per heavy atom. The van der Waals surface area contributed by atoms with Gasteiger partial charge in [0.1, 0.15) is 22.2 Å². The van der Waals surface area contributed by atoms with Gasteiger partial charge in [-0.15, -0.1) is 0 Å². The second-order valence-electron chi connectivity index (χ2n) is 9.05. The van der Waals surface area contributed by atoms with Crippen LogP contribution < -0.4 is 4.74 Å². The van der Waals surface area contributed by atoms with Crippen molar-refractivity contribution in [2.24, 2.45) is 0 Å². The molecule has 0 saturated carbocycles. The highest BCUT2D eigenvalue weighted by Crippen LogP contribution is 2.38. The molecule has 0 fully saturated rings. The van der Waals surface area contributed by atoms with Gasteiger partial charge in [-0.2, -0.15) is 13.2 Å². The van der Waals surface area contributed by atoms with Crippen molar-refractivity contribution in [3.63, 3.8) is 0 Å². The molecule has 0 bridgehead atoms. The van der Waals surface area contributed by atoms with Crippen LogP contribution in [0, 0.1) is 5.82 Å². The van der Waals surface area contributed by atoms with E-state index in [1.165, 1.54) is 26.0 Å². The van der Waals surface area contributed by atoms with E-state index in [1.54, 1.807) is 20.8 Å². The van der Waals surface area contributed by atoms with E-state index in [2.05, 4.69) is 0 Å². The Hall–Kier alpha value is -2.32. The summed E-state index contributed by atoms with van der Waals surface area (Å²) in [5.41, 5.74) is -3.88. The molecule has 0 radical (unpaired) electrons. The summed E-state index contributed by atoms with van der Waals surface area (Å²) in [7, 11) is 0. The van der Waals surface area contributed by atoms with Crippen LogP contribution in [-0.2, 0) is 22.1 Å². The zero-order chi connectivity index (χ0) is 26.1. The van der Waals surface area contributed by atoms with Crippen molar-refractivity contribution in [2.75, 3.05) is 0 Å². The summed E-state index contributed by atoms with van der Waals surface area (Å²) in [6.45, 7) is 8.15. The second kappa shape index (κ2) is 10.1. The summed E-state index contributed by atoms with van der Waals surface area (Å²) in [5.74, 6) is -2.95. The van der Waals surface area contributed by atoms with Crippen molar-refractivity contribution in [2.45, 2.75) is 64.8 Å². The van der Waals surface area contributed by atoms with E-state index in [-0.39, 0.29) is 28.6 Å². The predicted octanol–water partition coefficient (Wildman–Crippen LogP) is 7.47. The molecule has 0 aliphatic heterocycles. The van der Waals surface area contributed by atoms with Crippen LogP contribution in [0.2, 0.25) is 10.0 Å².